The Hall–Kier alpha value is -2.45. The Balaban J connectivity index is 1.53. The minimum Gasteiger partial charge on any atom is -0.330 e. The van der Waals surface area contributed by atoms with E-state index < -0.39 is 0 Å². The lowest BCUT2D eigenvalue weighted by molar-refractivity contribution is -0.113. The molecule has 1 heterocycles. The summed E-state index contributed by atoms with van der Waals surface area (Å²) in [5.41, 5.74) is 2.52. The SMILES string of the molecule is Cc1ccccc1Nc1nnc(SCC(=O)Nc2cccc(F)c2)s1. The number of aromatic nitrogens is 2. The number of halogens is 1. The van der Waals surface area contributed by atoms with Crippen molar-refractivity contribution in [3.8, 4) is 0 Å². The first-order valence-corrected chi connectivity index (χ1v) is 9.25. The zero-order valence-electron chi connectivity index (χ0n) is 13.3. The van der Waals surface area contributed by atoms with E-state index in [0.717, 1.165) is 11.3 Å². The van der Waals surface area contributed by atoms with E-state index in [2.05, 4.69) is 20.8 Å². The van der Waals surface area contributed by atoms with E-state index in [9.17, 15) is 9.18 Å². The molecular formula is C17H15FN4OS2. The topological polar surface area (TPSA) is 66.9 Å². The highest BCUT2D eigenvalue weighted by molar-refractivity contribution is 8.01. The van der Waals surface area contributed by atoms with Crippen LogP contribution in [-0.4, -0.2) is 21.9 Å². The number of anilines is 3. The van der Waals surface area contributed by atoms with Crippen molar-refractivity contribution in [3.63, 3.8) is 0 Å². The number of hydrogen-bond donors (Lipinski definition) is 2. The third-order valence-electron chi connectivity index (χ3n) is 3.23. The van der Waals surface area contributed by atoms with Crippen LogP contribution in [0.3, 0.4) is 0 Å². The van der Waals surface area contributed by atoms with Gasteiger partial charge in [0.1, 0.15) is 5.82 Å². The normalized spacial score (nSPS) is 10.5. The second-order valence-electron chi connectivity index (χ2n) is 5.16. The number of aryl methyl sites for hydroxylation is 1. The van der Waals surface area contributed by atoms with Crippen LogP contribution >= 0.6 is 23.1 Å². The summed E-state index contributed by atoms with van der Waals surface area (Å²) < 4.78 is 13.8. The van der Waals surface area contributed by atoms with Gasteiger partial charge in [0.15, 0.2) is 4.34 Å². The Bertz CT molecular complexity index is 884. The average Bonchev–Trinajstić information content (AvgIpc) is 3.03. The maximum Gasteiger partial charge on any atom is 0.234 e. The van der Waals surface area contributed by atoms with Crippen LogP contribution in [0.15, 0.2) is 52.9 Å². The summed E-state index contributed by atoms with van der Waals surface area (Å²) in [6.45, 7) is 2.01. The van der Waals surface area contributed by atoms with Gasteiger partial charge in [0.25, 0.3) is 0 Å². The zero-order chi connectivity index (χ0) is 17.6. The predicted molar refractivity (Wildman–Crippen MR) is 100 cm³/mol. The van der Waals surface area contributed by atoms with Gasteiger partial charge in [-0.3, -0.25) is 4.79 Å². The molecule has 0 radical (unpaired) electrons. The molecule has 0 atom stereocenters. The lowest BCUT2D eigenvalue weighted by atomic mass is 10.2. The second kappa shape index (κ2) is 8.09. The molecule has 1 aromatic heterocycles. The van der Waals surface area contributed by atoms with Gasteiger partial charge in [-0.15, -0.1) is 10.2 Å². The van der Waals surface area contributed by atoms with E-state index >= 15 is 0 Å². The Morgan fingerprint density at radius 2 is 2.04 bits per heavy atom. The number of rotatable bonds is 6. The number of amides is 1. The van der Waals surface area contributed by atoms with E-state index in [1.165, 1.54) is 35.2 Å². The Labute approximate surface area is 152 Å². The molecule has 25 heavy (non-hydrogen) atoms. The molecule has 0 aliphatic heterocycles. The van der Waals surface area contributed by atoms with Crippen LogP contribution in [0.5, 0.6) is 0 Å². The molecule has 3 rings (SSSR count). The number of nitrogens with one attached hydrogen (secondary N) is 2. The van der Waals surface area contributed by atoms with Crippen molar-refractivity contribution in [2.75, 3.05) is 16.4 Å². The maximum absolute atomic E-state index is 13.1. The fraction of sp³-hybridized carbons (Fsp3) is 0.118. The smallest absolute Gasteiger partial charge is 0.234 e. The number of nitrogens with zero attached hydrogens (tertiary/aromatic N) is 2. The van der Waals surface area contributed by atoms with Crippen molar-refractivity contribution >= 4 is 45.5 Å². The zero-order valence-corrected chi connectivity index (χ0v) is 15.0. The Kier molecular flexibility index (Phi) is 5.62. The first-order valence-electron chi connectivity index (χ1n) is 7.44. The summed E-state index contributed by atoms with van der Waals surface area (Å²) in [4.78, 5) is 11.9. The van der Waals surface area contributed by atoms with E-state index in [0.29, 0.717) is 15.2 Å². The standard InChI is InChI=1S/C17H15FN4OS2/c1-11-5-2-3-8-14(11)20-16-21-22-17(25-16)24-10-15(23)19-13-7-4-6-12(18)9-13/h2-9H,10H2,1H3,(H,19,23)(H,20,21). The Morgan fingerprint density at radius 1 is 1.20 bits per heavy atom. The van der Waals surface area contributed by atoms with Crippen LogP contribution in [0, 0.1) is 12.7 Å². The molecule has 0 bridgehead atoms. The summed E-state index contributed by atoms with van der Waals surface area (Å²) in [7, 11) is 0. The molecule has 128 valence electrons. The van der Waals surface area contributed by atoms with Gasteiger partial charge < -0.3 is 10.6 Å². The van der Waals surface area contributed by atoms with Crippen LogP contribution in [0.25, 0.3) is 0 Å². The molecule has 0 aliphatic rings. The van der Waals surface area contributed by atoms with Crippen LogP contribution in [-0.2, 0) is 4.79 Å². The number of thioether (sulfide) groups is 1. The predicted octanol–water partition coefficient (Wildman–Crippen LogP) is 4.46. The Morgan fingerprint density at radius 3 is 2.84 bits per heavy atom. The molecule has 0 spiro atoms. The van der Waals surface area contributed by atoms with E-state index in [1.807, 2.05) is 31.2 Å². The first kappa shape index (κ1) is 17.4. The fourth-order valence-electron chi connectivity index (χ4n) is 2.04. The summed E-state index contributed by atoms with van der Waals surface area (Å²) in [5.74, 6) is -0.434. The fourth-order valence-corrected chi connectivity index (χ4v) is 3.60. The van der Waals surface area contributed by atoms with E-state index in [4.69, 9.17) is 0 Å². The van der Waals surface area contributed by atoms with Gasteiger partial charge in [-0.05, 0) is 36.8 Å². The maximum atomic E-state index is 13.1. The van der Waals surface area contributed by atoms with E-state index in [-0.39, 0.29) is 17.5 Å². The van der Waals surface area contributed by atoms with Crippen molar-refractivity contribution in [1.29, 1.82) is 0 Å². The molecular weight excluding hydrogens is 359 g/mol. The molecule has 0 aliphatic carbocycles. The minimum atomic E-state index is -0.388. The number of carbonyl (C=O) groups is 1. The van der Waals surface area contributed by atoms with Crippen molar-refractivity contribution in [3.05, 3.63) is 59.9 Å². The summed E-state index contributed by atoms with van der Waals surface area (Å²) >= 11 is 2.66. The quantitative estimate of drug-likeness (QED) is 0.624. The molecule has 5 nitrogen and oxygen atoms in total. The number of benzene rings is 2. The van der Waals surface area contributed by atoms with Crippen LogP contribution in [0.2, 0.25) is 0 Å². The lowest BCUT2D eigenvalue weighted by Crippen LogP contribution is -2.13. The first-order chi connectivity index (χ1) is 12.1. The molecule has 2 N–H and O–H groups in total. The van der Waals surface area contributed by atoms with E-state index in [1.54, 1.807) is 12.1 Å². The molecule has 2 aromatic carbocycles. The van der Waals surface area contributed by atoms with Crippen molar-refractivity contribution < 1.29 is 9.18 Å². The molecule has 0 saturated carbocycles. The summed E-state index contributed by atoms with van der Waals surface area (Å²) in [6, 6.07) is 13.7. The molecule has 0 fully saturated rings. The molecule has 1 amide bonds. The second-order valence-corrected chi connectivity index (χ2v) is 7.36. The van der Waals surface area contributed by atoms with Gasteiger partial charge in [-0.2, -0.15) is 0 Å². The minimum absolute atomic E-state index is 0.176. The van der Waals surface area contributed by atoms with Gasteiger partial charge in [0, 0.05) is 11.4 Å². The highest BCUT2D eigenvalue weighted by Crippen LogP contribution is 2.28. The van der Waals surface area contributed by atoms with Crippen molar-refractivity contribution in [2.24, 2.45) is 0 Å². The third kappa shape index (κ3) is 5.01. The van der Waals surface area contributed by atoms with Gasteiger partial charge in [-0.1, -0.05) is 47.4 Å². The van der Waals surface area contributed by atoms with Gasteiger partial charge in [0.05, 0.1) is 5.75 Å². The highest BCUT2D eigenvalue weighted by Gasteiger charge is 2.09. The summed E-state index contributed by atoms with van der Waals surface area (Å²) in [6.07, 6.45) is 0. The number of hydrogen-bond acceptors (Lipinski definition) is 6. The summed E-state index contributed by atoms with van der Waals surface area (Å²) in [5, 5.41) is 14.7. The van der Waals surface area contributed by atoms with Gasteiger partial charge >= 0.3 is 0 Å². The monoisotopic (exact) mass is 374 g/mol. The number of para-hydroxylation sites is 1. The van der Waals surface area contributed by atoms with Crippen molar-refractivity contribution in [2.45, 2.75) is 11.3 Å². The molecule has 0 unspecified atom stereocenters. The molecule has 3 aromatic rings. The molecule has 8 heteroatoms. The van der Waals surface area contributed by atoms with Gasteiger partial charge in [-0.25, -0.2) is 4.39 Å². The third-order valence-corrected chi connectivity index (χ3v) is 5.20. The van der Waals surface area contributed by atoms with Crippen LogP contribution in [0.4, 0.5) is 20.9 Å². The van der Waals surface area contributed by atoms with Crippen molar-refractivity contribution in [1.82, 2.24) is 10.2 Å². The number of carbonyl (C=O) groups excluding carboxylic acids is 1. The van der Waals surface area contributed by atoms with Gasteiger partial charge in [0.2, 0.25) is 11.0 Å². The van der Waals surface area contributed by atoms with Crippen LogP contribution < -0.4 is 10.6 Å². The van der Waals surface area contributed by atoms with Crippen LogP contribution in [0.1, 0.15) is 5.56 Å². The molecule has 0 saturated heterocycles. The average molecular weight is 374 g/mol. The largest absolute Gasteiger partial charge is 0.330 e. The lowest BCUT2D eigenvalue weighted by Gasteiger charge is -2.04. The highest BCUT2D eigenvalue weighted by atomic mass is 32.2.